The number of benzene rings is 3. The highest BCUT2D eigenvalue weighted by molar-refractivity contribution is 5.96. The lowest BCUT2D eigenvalue weighted by molar-refractivity contribution is -0.119. The molecule has 0 aliphatic carbocycles. The lowest BCUT2D eigenvalue weighted by Crippen LogP contribution is -2.21. The molecule has 0 spiro atoms. The van der Waals surface area contributed by atoms with Crippen LogP contribution in [0.2, 0.25) is 0 Å². The van der Waals surface area contributed by atoms with Gasteiger partial charge < -0.3 is 10.1 Å². The van der Waals surface area contributed by atoms with Crippen molar-refractivity contribution in [2.75, 3.05) is 11.9 Å². The van der Waals surface area contributed by atoms with E-state index in [1.807, 2.05) is 66.7 Å². The van der Waals surface area contributed by atoms with E-state index in [0.717, 1.165) is 17.5 Å². The number of rotatable bonds is 8. The van der Waals surface area contributed by atoms with Crippen molar-refractivity contribution in [1.82, 2.24) is 0 Å². The van der Waals surface area contributed by atoms with E-state index in [2.05, 4.69) is 19.2 Å². The highest BCUT2D eigenvalue weighted by atomic mass is 16.5. The minimum atomic E-state index is -0.496. The molecule has 0 aliphatic heterocycles. The number of ether oxygens (including phenoxy) is 1. The first-order chi connectivity index (χ1) is 14.6. The molecule has 0 saturated carbocycles. The van der Waals surface area contributed by atoms with Gasteiger partial charge in [0.15, 0.2) is 6.61 Å². The molecule has 0 saturated heterocycles. The molecule has 4 heteroatoms. The molecule has 3 aromatic rings. The molecule has 0 radical (unpaired) electrons. The molecule has 0 bridgehead atoms. The van der Waals surface area contributed by atoms with Crippen molar-refractivity contribution < 1.29 is 14.3 Å². The Hall–Kier alpha value is -3.40. The average molecular weight is 402 g/mol. The number of amides is 1. The van der Waals surface area contributed by atoms with Crippen LogP contribution < -0.4 is 5.32 Å². The van der Waals surface area contributed by atoms with E-state index in [9.17, 15) is 9.59 Å². The molecule has 30 heavy (non-hydrogen) atoms. The van der Waals surface area contributed by atoms with Crippen molar-refractivity contribution in [3.8, 4) is 0 Å². The summed E-state index contributed by atoms with van der Waals surface area (Å²) in [5, 5.41) is 2.77. The summed E-state index contributed by atoms with van der Waals surface area (Å²) in [5.41, 5.74) is 4.38. The standard InChI is InChI=1S/C26H27NO3/c1-3-19(2)21-13-15-23(16-14-21)27-25(28)18-30-26(29)24-12-8-7-11-22(24)17-20-9-5-4-6-10-20/h4-16,19H,3,17-18H2,1-2H3,(H,27,28)/t19-/m0/s1. The second-order valence-corrected chi connectivity index (χ2v) is 7.38. The molecule has 4 nitrogen and oxygen atoms in total. The summed E-state index contributed by atoms with van der Waals surface area (Å²) in [7, 11) is 0. The van der Waals surface area contributed by atoms with Gasteiger partial charge in [0.2, 0.25) is 0 Å². The number of nitrogens with one attached hydrogen (secondary N) is 1. The van der Waals surface area contributed by atoms with E-state index in [1.165, 1.54) is 5.56 Å². The Balaban J connectivity index is 1.57. The monoisotopic (exact) mass is 401 g/mol. The third kappa shape index (κ3) is 5.80. The summed E-state index contributed by atoms with van der Waals surface area (Å²) in [6, 6.07) is 25.0. The molecule has 1 N–H and O–H groups in total. The first kappa shape index (κ1) is 21.3. The number of hydrogen-bond donors (Lipinski definition) is 1. The normalized spacial score (nSPS) is 11.5. The Bertz CT molecular complexity index is 981. The number of anilines is 1. The van der Waals surface area contributed by atoms with Crippen LogP contribution in [0.15, 0.2) is 78.9 Å². The van der Waals surface area contributed by atoms with Crippen molar-refractivity contribution in [2.45, 2.75) is 32.6 Å². The fraction of sp³-hybridized carbons (Fsp3) is 0.231. The van der Waals surface area contributed by atoms with Crippen LogP contribution >= 0.6 is 0 Å². The lowest BCUT2D eigenvalue weighted by Gasteiger charge is -2.11. The van der Waals surface area contributed by atoms with Gasteiger partial charge in [0.1, 0.15) is 0 Å². The molecule has 0 aliphatic rings. The van der Waals surface area contributed by atoms with Gasteiger partial charge in [0.05, 0.1) is 5.56 Å². The number of esters is 1. The molecule has 0 fully saturated rings. The minimum absolute atomic E-state index is 0.328. The molecular weight excluding hydrogens is 374 g/mol. The fourth-order valence-corrected chi connectivity index (χ4v) is 3.23. The zero-order valence-electron chi connectivity index (χ0n) is 17.4. The lowest BCUT2D eigenvalue weighted by atomic mass is 9.99. The van der Waals surface area contributed by atoms with Crippen LogP contribution in [0.1, 0.15) is 53.2 Å². The van der Waals surface area contributed by atoms with Gasteiger partial charge in [-0.15, -0.1) is 0 Å². The highest BCUT2D eigenvalue weighted by Gasteiger charge is 2.14. The van der Waals surface area contributed by atoms with Gasteiger partial charge in [-0.2, -0.15) is 0 Å². The van der Waals surface area contributed by atoms with Gasteiger partial charge in [-0.3, -0.25) is 4.79 Å². The van der Waals surface area contributed by atoms with Gasteiger partial charge in [-0.05, 0) is 53.6 Å². The third-order valence-electron chi connectivity index (χ3n) is 5.18. The first-order valence-corrected chi connectivity index (χ1v) is 10.3. The number of hydrogen-bond acceptors (Lipinski definition) is 3. The van der Waals surface area contributed by atoms with Crippen LogP contribution in [-0.2, 0) is 16.0 Å². The van der Waals surface area contributed by atoms with Gasteiger partial charge in [0, 0.05) is 5.69 Å². The smallest absolute Gasteiger partial charge is 0.338 e. The molecule has 1 amide bonds. The van der Waals surface area contributed by atoms with Crippen LogP contribution in [0.3, 0.4) is 0 Å². The Kier molecular flexibility index (Phi) is 7.39. The molecular formula is C26H27NO3. The van der Waals surface area contributed by atoms with Crippen LogP contribution in [0.5, 0.6) is 0 Å². The van der Waals surface area contributed by atoms with Crippen LogP contribution in [0.4, 0.5) is 5.69 Å². The summed E-state index contributed by atoms with van der Waals surface area (Å²) >= 11 is 0. The SMILES string of the molecule is CC[C@H](C)c1ccc(NC(=O)COC(=O)c2ccccc2Cc2ccccc2)cc1. The van der Waals surface area contributed by atoms with Crippen LogP contribution in [0, 0.1) is 0 Å². The molecule has 3 aromatic carbocycles. The van der Waals surface area contributed by atoms with Gasteiger partial charge in [0.25, 0.3) is 5.91 Å². The zero-order valence-corrected chi connectivity index (χ0v) is 17.4. The van der Waals surface area contributed by atoms with Crippen molar-refractivity contribution in [2.24, 2.45) is 0 Å². The van der Waals surface area contributed by atoms with E-state index >= 15 is 0 Å². The molecule has 0 aromatic heterocycles. The Morgan fingerprint density at radius 1 is 0.900 bits per heavy atom. The summed E-state index contributed by atoms with van der Waals surface area (Å²) < 4.78 is 5.27. The maximum Gasteiger partial charge on any atom is 0.338 e. The van der Waals surface area contributed by atoms with Gasteiger partial charge >= 0.3 is 5.97 Å². The van der Waals surface area contributed by atoms with Gasteiger partial charge in [-0.1, -0.05) is 74.5 Å². The van der Waals surface area contributed by atoms with Crippen molar-refractivity contribution >= 4 is 17.6 Å². The second kappa shape index (κ2) is 10.4. The van der Waals surface area contributed by atoms with Crippen LogP contribution in [-0.4, -0.2) is 18.5 Å². The van der Waals surface area contributed by atoms with E-state index in [-0.39, 0.29) is 12.5 Å². The largest absolute Gasteiger partial charge is 0.452 e. The molecule has 154 valence electrons. The summed E-state index contributed by atoms with van der Waals surface area (Å²) in [6.45, 7) is 3.99. The Labute approximate surface area is 177 Å². The zero-order chi connectivity index (χ0) is 21.3. The van der Waals surface area contributed by atoms with Crippen molar-refractivity contribution in [3.63, 3.8) is 0 Å². The predicted molar refractivity (Wildman–Crippen MR) is 120 cm³/mol. The average Bonchev–Trinajstić information content (AvgIpc) is 2.78. The van der Waals surface area contributed by atoms with Gasteiger partial charge in [-0.25, -0.2) is 4.79 Å². The molecule has 3 rings (SSSR count). The fourth-order valence-electron chi connectivity index (χ4n) is 3.23. The van der Waals surface area contributed by atoms with Crippen molar-refractivity contribution in [3.05, 3.63) is 101 Å². The second-order valence-electron chi connectivity index (χ2n) is 7.38. The summed E-state index contributed by atoms with van der Waals surface area (Å²) in [5.74, 6) is -0.379. The topological polar surface area (TPSA) is 55.4 Å². The Morgan fingerprint density at radius 2 is 1.57 bits per heavy atom. The van der Waals surface area contributed by atoms with Crippen LogP contribution in [0.25, 0.3) is 0 Å². The summed E-state index contributed by atoms with van der Waals surface area (Å²) in [6.07, 6.45) is 1.69. The molecule has 0 heterocycles. The van der Waals surface area contributed by atoms with E-state index in [4.69, 9.17) is 4.74 Å². The van der Waals surface area contributed by atoms with E-state index in [1.54, 1.807) is 12.1 Å². The predicted octanol–water partition coefficient (Wildman–Crippen LogP) is 5.59. The highest BCUT2D eigenvalue weighted by Crippen LogP contribution is 2.20. The van der Waals surface area contributed by atoms with E-state index in [0.29, 0.717) is 23.6 Å². The Morgan fingerprint density at radius 3 is 2.27 bits per heavy atom. The molecule has 1 atom stereocenters. The maximum atomic E-state index is 12.6. The van der Waals surface area contributed by atoms with Crippen molar-refractivity contribution in [1.29, 1.82) is 0 Å². The minimum Gasteiger partial charge on any atom is -0.452 e. The maximum absolute atomic E-state index is 12.6. The molecule has 0 unspecified atom stereocenters. The van der Waals surface area contributed by atoms with E-state index < -0.39 is 5.97 Å². The summed E-state index contributed by atoms with van der Waals surface area (Å²) in [4.78, 5) is 24.8. The third-order valence-corrected chi connectivity index (χ3v) is 5.18. The quantitative estimate of drug-likeness (QED) is 0.501. The number of carbonyl (C=O) groups is 2. The number of carbonyl (C=O) groups excluding carboxylic acids is 2. The first-order valence-electron chi connectivity index (χ1n) is 10.3.